The Morgan fingerprint density at radius 2 is 1.96 bits per heavy atom. The fourth-order valence-electron chi connectivity index (χ4n) is 3.61. The Morgan fingerprint density at radius 1 is 1.04 bits per heavy atom. The van der Waals surface area contributed by atoms with Crippen molar-refractivity contribution in [2.75, 3.05) is 6.61 Å². The first-order chi connectivity index (χ1) is 11.8. The summed E-state index contributed by atoms with van der Waals surface area (Å²) in [5, 5.41) is 1.40. The summed E-state index contributed by atoms with van der Waals surface area (Å²) < 4.78 is 7.31. The molecule has 1 aliphatic carbocycles. The van der Waals surface area contributed by atoms with E-state index in [4.69, 9.17) is 4.74 Å². The van der Waals surface area contributed by atoms with E-state index < -0.39 is 0 Å². The molecule has 0 radical (unpaired) electrons. The lowest BCUT2D eigenvalue weighted by Crippen LogP contribution is -1.96. The molecule has 2 heteroatoms. The number of hydrogen-bond acceptors (Lipinski definition) is 2. The number of aryl methyl sites for hydroxylation is 1. The van der Waals surface area contributed by atoms with E-state index in [9.17, 15) is 0 Å². The third kappa shape index (κ3) is 2.84. The highest BCUT2D eigenvalue weighted by Gasteiger charge is 2.23. The van der Waals surface area contributed by atoms with Crippen molar-refractivity contribution in [2.24, 2.45) is 0 Å². The molecule has 1 nitrogen and oxygen atoms in total. The van der Waals surface area contributed by atoms with E-state index >= 15 is 0 Å². The van der Waals surface area contributed by atoms with Crippen LogP contribution in [0, 0.1) is 6.92 Å². The Kier molecular flexibility index (Phi) is 4.32. The number of rotatable bonds is 6. The highest BCUT2D eigenvalue weighted by Crippen LogP contribution is 2.47. The van der Waals surface area contributed by atoms with Crippen LogP contribution in [0.15, 0.2) is 36.4 Å². The summed E-state index contributed by atoms with van der Waals surface area (Å²) in [6.45, 7) is 5.25. The summed E-state index contributed by atoms with van der Waals surface area (Å²) in [5.41, 5.74) is 5.77. The molecule has 4 rings (SSSR count). The van der Waals surface area contributed by atoms with Crippen LogP contribution in [0.1, 0.15) is 49.3 Å². The van der Waals surface area contributed by atoms with Gasteiger partial charge in [0.05, 0.1) is 6.61 Å². The number of hydrogen-bond donors (Lipinski definition) is 0. The van der Waals surface area contributed by atoms with Crippen LogP contribution in [0.4, 0.5) is 0 Å². The monoisotopic (exact) mass is 336 g/mol. The van der Waals surface area contributed by atoms with E-state index in [1.807, 2.05) is 11.3 Å². The quantitative estimate of drug-likeness (QED) is 0.354. The first-order valence-electron chi connectivity index (χ1n) is 9.04. The molecule has 3 aromatic rings. The fraction of sp³-hybridized carbons (Fsp3) is 0.364. The maximum atomic E-state index is 5.95. The topological polar surface area (TPSA) is 9.23 Å². The summed E-state index contributed by atoms with van der Waals surface area (Å²) in [6.07, 6.45) is 6.07. The summed E-state index contributed by atoms with van der Waals surface area (Å²) in [4.78, 5) is 1.46. The van der Waals surface area contributed by atoms with Crippen molar-refractivity contribution < 1.29 is 4.74 Å². The molecule has 0 saturated heterocycles. The van der Waals surface area contributed by atoms with Gasteiger partial charge in [0, 0.05) is 16.0 Å². The SMILES string of the molecule is CCCCCCOc1ccc2c3c(sc2c1)-c1ccc(C)cc1C3. The number of ether oxygens (including phenoxy) is 1. The molecule has 0 unspecified atom stereocenters. The van der Waals surface area contributed by atoms with Crippen molar-refractivity contribution in [3.63, 3.8) is 0 Å². The third-order valence-corrected chi connectivity index (χ3v) is 6.13. The first-order valence-corrected chi connectivity index (χ1v) is 9.86. The van der Waals surface area contributed by atoms with Gasteiger partial charge in [0.15, 0.2) is 0 Å². The van der Waals surface area contributed by atoms with Crippen molar-refractivity contribution in [1.29, 1.82) is 0 Å². The summed E-state index contributed by atoms with van der Waals surface area (Å²) in [5.74, 6) is 1.02. The third-order valence-electron chi connectivity index (χ3n) is 4.90. The maximum absolute atomic E-state index is 5.95. The molecular weight excluding hydrogens is 312 g/mol. The predicted octanol–water partition coefficient (Wildman–Crippen LogP) is 6.74. The van der Waals surface area contributed by atoms with Gasteiger partial charge < -0.3 is 4.74 Å². The van der Waals surface area contributed by atoms with Crippen LogP contribution in [-0.4, -0.2) is 6.61 Å². The molecule has 0 atom stereocenters. The molecule has 0 spiro atoms. The van der Waals surface area contributed by atoms with E-state index in [0.717, 1.165) is 25.2 Å². The molecule has 0 N–H and O–H groups in total. The molecule has 0 saturated carbocycles. The van der Waals surface area contributed by atoms with Gasteiger partial charge in [-0.2, -0.15) is 0 Å². The largest absolute Gasteiger partial charge is 0.494 e. The Bertz CT molecular complexity index is 875. The molecule has 0 fully saturated rings. The summed E-state index contributed by atoms with van der Waals surface area (Å²) in [7, 11) is 0. The van der Waals surface area contributed by atoms with Crippen LogP contribution < -0.4 is 4.74 Å². The second-order valence-electron chi connectivity index (χ2n) is 6.81. The highest BCUT2D eigenvalue weighted by atomic mass is 32.1. The van der Waals surface area contributed by atoms with E-state index in [2.05, 4.69) is 50.2 Å². The summed E-state index contributed by atoms with van der Waals surface area (Å²) >= 11 is 1.92. The molecule has 1 aliphatic rings. The minimum atomic E-state index is 0.832. The van der Waals surface area contributed by atoms with Crippen LogP contribution in [0.5, 0.6) is 5.75 Å². The van der Waals surface area contributed by atoms with Crippen LogP contribution in [-0.2, 0) is 6.42 Å². The molecule has 1 aromatic heterocycles. The molecule has 2 aromatic carbocycles. The first kappa shape index (κ1) is 15.7. The molecule has 0 bridgehead atoms. The van der Waals surface area contributed by atoms with Crippen molar-refractivity contribution in [1.82, 2.24) is 0 Å². The van der Waals surface area contributed by atoms with Crippen molar-refractivity contribution in [3.8, 4) is 16.2 Å². The molecule has 0 aliphatic heterocycles. The van der Waals surface area contributed by atoms with Crippen molar-refractivity contribution in [3.05, 3.63) is 53.1 Å². The smallest absolute Gasteiger partial charge is 0.120 e. The average Bonchev–Trinajstić information content (AvgIpc) is 3.09. The van der Waals surface area contributed by atoms with Crippen LogP contribution in [0.25, 0.3) is 20.5 Å². The number of fused-ring (bicyclic) bond motifs is 5. The fourth-order valence-corrected chi connectivity index (χ4v) is 4.92. The van der Waals surface area contributed by atoms with Gasteiger partial charge in [-0.3, -0.25) is 0 Å². The Morgan fingerprint density at radius 3 is 2.83 bits per heavy atom. The minimum absolute atomic E-state index is 0.832. The normalized spacial score (nSPS) is 12.4. The standard InChI is InChI=1S/C22H24OS/c1-3-4-5-6-11-23-17-8-10-19-20-13-16-12-15(2)7-9-18(16)22(20)24-21(19)14-17/h7-10,12,14H,3-6,11,13H2,1-2H3. The Hall–Kier alpha value is -1.80. The summed E-state index contributed by atoms with van der Waals surface area (Å²) in [6, 6.07) is 13.5. The lowest BCUT2D eigenvalue weighted by atomic mass is 10.1. The second kappa shape index (κ2) is 6.60. The maximum Gasteiger partial charge on any atom is 0.120 e. The van der Waals surface area contributed by atoms with Crippen molar-refractivity contribution >= 4 is 21.4 Å². The van der Waals surface area contributed by atoms with Gasteiger partial charge in [0.2, 0.25) is 0 Å². The number of benzene rings is 2. The van der Waals surface area contributed by atoms with Gasteiger partial charge in [-0.15, -0.1) is 11.3 Å². The minimum Gasteiger partial charge on any atom is -0.494 e. The van der Waals surface area contributed by atoms with E-state index in [-0.39, 0.29) is 0 Å². The van der Waals surface area contributed by atoms with Gasteiger partial charge >= 0.3 is 0 Å². The zero-order chi connectivity index (χ0) is 16.5. The van der Waals surface area contributed by atoms with Gasteiger partial charge in [0.25, 0.3) is 0 Å². The van der Waals surface area contributed by atoms with Crippen LogP contribution in [0.3, 0.4) is 0 Å². The average molecular weight is 337 g/mol. The molecular formula is C22H24OS. The predicted molar refractivity (Wildman–Crippen MR) is 104 cm³/mol. The van der Waals surface area contributed by atoms with Crippen LogP contribution >= 0.6 is 11.3 Å². The zero-order valence-electron chi connectivity index (χ0n) is 14.5. The highest BCUT2D eigenvalue weighted by molar-refractivity contribution is 7.22. The van der Waals surface area contributed by atoms with Gasteiger partial charge in [-0.1, -0.05) is 49.9 Å². The molecule has 24 heavy (non-hydrogen) atoms. The zero-order valence-corrected chi connectivity index (χ0v) is 15.3. The van der Waals surface area contributed by atoms with E-state index in [1.54, 1.807) is 0 Å². The lowest BCUT2D eigenvalue weighted by Gasteiger charge is -2.06. The molecule has 1 heterocycles. The number of thiophene rings is 1. The number of unbranched alkanes of at least 4 members (excludes halogenated alkanes) is 3. The molecule has 0 amide bonds. The van der Waals surface area contributed by atoms with Gasteiger partial charge in [-0.05, 0) is 53.6 Å². The van der Waals surface area contributed by atoms with Crippen molar-refractivity contribution in [2.45, 2.75) is 46.0 Å². The lowest BCUT2D eigenvalue weighted by molar-refractivity contribution is 0.305. The van der Waals surface area contributed by atoms with Crippen LogP contribution in [0.2, 0.25) is 0 Å². The van der Waals surface area contributed by atoms with Gasteiger partial charge in [0.1, 0.15) is 5.75 Å². The van der Waals surface area contributed by atoms with Gasteiger partial charge in [-0.25, -0.2) is 0 Å². The van der Waals surface area contributed by atoms with E-state index in [0.29, 0.717) is 0 Å². The van der Waals surface area contributed by atoms with E-state index in [1.165, 1.54) is 56.5 Å². The Balaban J connectivity index is 1.56. The second-order valence-corrected chi connectivity index (χ2v) is 7.87. The Labute approximate surface area is 148 Å². The molecule has 124 valence electrons.